The molecule has 0 saturated carbocycles. The number of aromatic nitrogens is 2. The van der Waals surface area contributed by atoms with Gasteiger partial charge in [0, 0.05) is 24.0 Å². The van der Waals surface area contributed by atoms with Gasteiger partial charge in [0.1, 0.15) is 23.7 Å². The summed E-state index contributed by atoms with van der Waals surface area (Å²) in [5, 5.41) is 15.5. The number of fused-ring (bicyclic) bond motifs is 2. The quantitative estimate of drug-likeness (QED) is 0.218. The average Bonchev–Trinajstić information content (AvgIpc) is 3.27. The minimum atomic E-state index is -0.665. The third-order valence-corrected chi connectivity index (χ3v) is 7.73. The molecule has 4 aromatic rings. The van der Waals surface area contributed by atoms with Crippen molar-refractivity contribution in [3.63, 3.8) is 0 Å². The Hall–Kier alpha value is -3.88. The number of nitrogens with zero attached hydrogens (tertiary/aromatic N) is 3. The molecule has 0 radical (unpaired) electrons. The first kappa shape index (κ1) is 29.6. The molecule has 1 aromatic heterocycles. The van der Waals surface area contributed by atoms with Gasteiger partial charge >= 0.3 is 6.09 Å². The molecule has 3 aromatic carbocycles. The van der Waals surface area contributed by atoms with Crippen molar-refractivity contribution in [2.45, 2.75) is 60.3 Å². The maximum Gasteiger partial charge on any atom is 0.410 e. The molecular formula is C33H36ClN3O5. The second-order valence-corrected chi connectivity index (χ2v) is 12.2. The standard InChI is InChI=1S/C33H36ClN3O5/c1-19-16-20(2)23(21(3)17-19)18-41-26-9-7-8-22-27(26)31(39)28-24(34)10-11-25-29(28)30(22)35-37(25)13-12-36(14-15-38)32(40)42-33(4,5)6/h7-11,16-17,38H,12-15,18H2,1-6H3. The number of hydrogen-bond acceptors (Lipinski definition) is 6. The van der Waals surface area contributed by atoms with Gasteiger partial charge in [-0.3, -0.25) is 9.48 Å². The molecule has 42 heavy (non-hydrogen) atoms. The SMILES string of the molecule is Cc1cc(C)c(COc2cccc3c2C(=O)c2c(Cl)ccc4c2c-3nn4CCN(CCO)C(=O)OC(C)(C)C)c(C)c1. The van der Waals surface area contributed by atoms with Crippen LogP contribution < -0.4 is 4.74 Å². The fourth-order valence-electron chi connectivity index (χ4n) is 5.58. The molecule has 0 spiro atoms. The van der Waals surface area contributed by atoms with Crippen LogP contribution in [0.25, 0.3) is 22.2 Å². The fourth-order valence-corrected chi connectivity index (χ4v) is 5.82. The lowest BCUT2D eigenvalue weighted by molar-refractivity contribution is 0.0211. The topological polar surface area (TPSA) is 93.9 Å². The first-order valence-corrected chi connectivity index (χ1v) is 14.4. The molecule has 0 saturated heterocycles. The summed E-state index contributed by atoms with van der Waals surface area (Å²) < 4.78 is 13.6. The zero-order valence-corrected chi connectivity index (χ0v) is 25.6. The highest BCUT2D eigenvalue weighted by Crippen LogP contribution is 2.44. The smallest absolute Gasteiger partial charge is 0.410 e. The van der Waals surface area contributed by atoms with Gasteiger partial charge in [0.05, 0.1) is 34.8 Å². The maximum atomic E-state index is 14.0. The molecule has 8 nitrogen and oxygen atoms in total. The van der Waals surface area contributed by atoms with Gasteiger partial charge in [-0.05, 0) is 76.4 Å². The summed E-state index contributed by atoms with van der Waals surface area (Å²) in [5.74, 6) is 0.264. The number of amides is 1. The van der Waals surface area contributed by atoms with Gasteiger partial charge in [0.25, 0.3) is 0 Å². The molecule has 5 rings (SSSR count). The van der Waals surface area contributed by atoms with E-state index in [9.17, 15) is 14.7 Å². The van der Waals surface area contributed by atoms with E-state index in [4.69, 9.17) is 26.2 Å². The highest BCUT2D eigenvalue weighted by Gasteiger charge is 2.33. The van der Waals surface area contributed by atoms with E-state index < -0.39 is 11.7 Å². The van der Waals surface area contributed by atoms with Crippen LogP contribution in [0.2, 0.25) is 5.02 Å². The van der Waals surface area contributed by atoms with Gasteiger partial charge in [0.2, 0.25) is 0 Å². The van der Waals surface area contributed by atoms with Crippen LogP contribution >= 0.6 is 11.6 Å². The van der Waals surface area contributed by atoms with Crippen molar-refractivity contribution in [1.29, 1.82) is 0 Å². The molecule has 0 bridgehead atoms. The van der Waals surface area contributed by atoms with Crippen LogP contribution in [-0.4, -0.2) is 57.0 Å². The van der Waals surface area contributed by atoms with Crippen molar-refractivity contribution < 1.29 is 24.2 Å². The number of hydrogen-bond donors (Lipinski definition) is 1. The first-order valence-electron chi connectivity index (χ1n) is 14.0. The van der Waals surface area contributed by atoms with Crippen molar-refractivity contribution in [3.05, 3.63) is 80.9 Å². The number of aryl methyl sites for hydroxylation is 3. The van der Waals surface area contributed by atoms with Crippen molar-refractivity contribution in [1.82, 2.24) is 14.7 Å². The number of aliphatic hydroxyl groups excluding tert-OH is 1. The minimum Gasteiger partial charge on any atom is -0.488 e. The zero-order chi connectivity index (χ0) is 30.3. The van der Waals surface area contributed by atoms with E-state index in [1.54, 1.807) is 37.6 Å². The number of ether oxygens (including phenoxy) is 2. The number of ketones is 1. The molecule has 0 atom stereocenters. The molecule has 220 valence electrons. The van der Waals surface area contributed by atoms with Gasteiger partial charge in [-0.2, -0.15) is 5.10 Å². The van der Waals surface area contributed by atoms with Gasteiger partial charge < -0.3 is 19.5 Å². The fraction of sp³-hybridized carbons (Fsp3) is 0.364. The second kappa shape index (κ2) is 11.4. The molecule has 0 fully saturated rings. The largest absolute Gasteiger partial charge is 0.488 e. The Balaban J connectivity index is 1.51. The predicted octanol–water partition coefficient (Wildman–Crippen LogP) is 6.63. The number of carbonyl (C=O) groups is 2. The van der Waals surface area contributed by atoms with Gasteiger partial charge in [0.15, 0.2) is 5.78 Å². The van der Waals surface area contributed by atoms with Gasteiger partial charge in [-0.15, -0.1) is 0 Å². The molecule has 0 aliphatic heterocycles. The van der Waals surface area contributed by atoms with Crippen LogP contribution in [0.4, 0.5) is 4.79 Å². The maximum absolute atomic E-state index is 14.0. The highest BCUT2D eigenvalue weighted by atomic mass is 35.5. The number of halogens is 1. The lowest BCUT2D eigenvalue weighted by Crippen LogP contribution is -2.40. The van der Waals surface area contributed by atoms with Crippen LogP contribution in [0.15, 0.2) is 42.5 Å². The summed E-state index contributed by atoms with van der Waals surface area (Å²) in [4.78, 5) is 28.2. The van der Waals surface area contributed by atoms with Crippen LogP contribution in [0, 0.1) is 20.8 Å². The lowest BCUT2D eigenvalue weighted by atomic mass is 9.86. The summed E-state index contributed by atoms with van der Waals surface area (Å²) in [5.41, 5.74) is 6.75. The molecule has 1 N–H and O–H groups in total. The summed E-state index contributed by atoms with van der Waals surface area (Å²) in [7, 11) is 0. The monoisotopic (exact) mass is 589 g/mol. The summed E-state index contributed by atoms with van der Waals surface area (Å²) in [6.07, 6.45) is -0.511. The normalized spacial score (nSPS) is 12.4. The molecule has 1 aliphatic carbocycles. The van der Waals surface area contributed by atoms with E-state index in [0.29, 0.717) is 51.7 Å². The lowest BCUT2D eigenvalue weighted by Gasteiger charge is -2.27. The number of rotatable bonds is 8. The average molecular weight is 590 g/mol. The third-order valence-electron chi connectivity index (χ3n) is 7.42. The first-order chi connectivity index (χ1) is 19.9. The number of benzene rings is 3. The van der Waals surface area contributed by atoms with Crippen LogP contribution in [0.1, 0.15) is 58.9 Å². The second-order valence-electron chi connectivity index (χ2n) is 11.8. The molecular weight excluding hydrogens is 554 g/mol. The van der Waals surface area contributed by atoms with Crippen LogP contribution in [0.3, 0.4) is 0 Å². The van der Waals surface area contributed by atoms with E-state index in [-0.39, 0.29) is 25.5 Å². The summed E-state index contributed by atoms with van der Waals surface area (Å²) >= 11 is 6.64. The Labute approximate surface area is 250 Å². The van der Waals surface area contributed by atoms with Gasteiger partial charge in [-0.25, -0.2) is 4.79 Å². The van der Waals surface area contributed by atoms with Crippen molar-refractivity contribution in [2.24, 2.45) is 0 Å². The van der Waals surface area contributed by atoms with Crippen molar-refractivity contribution in [2.75, 3.05) is 19.7 Å². The van der Waals surface area contributed by atoms with Crippen LogP contribution in [-0.2, 0) is 17.9 Å². The Bertz CT molecular complexity index is 1680. The third kappa shape index (κ3) is 5.61. The summed E-state index contributed by atoms with van der Waals surface area (Å²) in [6, 6.07) is 13.3. The van der Waals surface area contributed by atoms with E-state index in [2.05, 4.69) is 32.9 Å². The molecule has 9 heteroatoms. The van der Waals surface area contributed by atoms with Crippen molar-refractivity contribution in [3.8, 4) is 17.0 Å². The number of aliphatic hydroxyl groups is 1. The highest BCUT2D eigenvalue weighted by molar-refractivity contribution is 6.39. The van der Waals surface area contributed by atoms with Gasteiger partial charge in [-0.1, -0.05) is 41.4 Å². The molecule has 1 aliphatic rings. The predicted molar refractivity (Wildman–Crippen MR) is 163 cm³/mol. The Morgan fingerprint density at radius 1 is 1.05 bits per heavy atom. The summed E-state index contributed by atoms with van der Waals surface area (Å²) in [6.45, 7) is 12.4. The van der Waals surface area contributed by atoms with E-state index in [0.717, 1.165) is 22.2 Å². The molecule has 0 unspecified atom stereocenters. The molecule has 1 amide bonds. The Morgan fingerprint density at radius 2 is 1.76 bits per heavy atom. The minimum absolute atomic E-state index is 0.125. The van der Waals surface area contributed by atoms with Crippen LogP contribution in [0.5, 0.6) is 5.75 Å². The van der Waals surface area contributed by atoms with Crippen molar-refractivity contribution >= 4 is 34.4 Å². The Kier molecular flexibility index (Phi) is 8.05. The van der Waals surface area contributed by atoms with E-state index in [1.807, 2.05) is 18.2 Å². The Morgan fingerprint density at radius 3 is 2.43 bits per heavy atom. The van der Waals surface area contributed by atoms with E-state index >= 15 is 0 Å². The molecule has 1 heterocycles. The van der Waals surface area contributed by atoms with E-state index in [1.165, 1.54) is 10.5 Å². The zero-order valence-electron chi connectivity index (χ0n) is 24.9. The number of carbonyl (C=O) groups excluding carboxylic acids is 2.